The largest absolute Gasteiger partial charge is 0.309 e. The third kappa shape index (κ3) is 2.86. The van der Waals surface area contributed by atoms with E-state index in [9.17, 15) is 0 Å². The second-order valence-corrected chi connectivity index (χ2v) is 8.45. The predicted molar refractivity (Wildman–Crippen MR) is 139 cm³/mol. The molecule has 0 aliphatic rings. The van der Waals surface area contributed by atoms with Gasteiger partial charge in [0, 0.05) is 27.6 Å². The molecule has 0 atom stereocenters. The molecule has 7 rings (SSSR count). The lowest BCUT2D eigenvalue weighted by atomic mass is 10.0. The topological polar surface area (TPSA) is 46.5 Å². The molecule has 0 aliphatic carbocycles. The molecule has 0 saturated carbocycles. The summed E-state index contributed by atoms with van der Waals surface area (Å²) in [6.45, 7) is 0. The van der Waals surface area contributed by atoms with E-state index in [1.807, 2.05) is 30.3 Å². The zero-order valence-electron chi connectivity index (χ0n) is 18.3. The molecule has 4 nitrogen and oxygen atoms in total. The minimum absolute atomic E-state index is 0.703. The van der Waals surface area contributed by atoms with Gasteiger partial charge in [0.05, 0.1) is 11.0 Å². The molecule has 5 aromatic carbocycles. The number of hydrogen-bond acceptors (Lipinski definition) is 2. The second kappa shape index (κ2) is 7.42. The van der Waals surface area contributed by atoms with Crippen LogP contribution in [0.25, 0.3) is 61.0 Å². The molecule has 0 bridgehead atoms. The summed E-state index contributed by atoms with van der Waals surface area (Å²) in [4.78, 5) is 4.70. The van der Waals surface area contributed by atoms with Crippen LogP contribution in [0.4, 0.5) is 0 Å². The van der Waals surface area contributed by atoms with Crippen LogP contribution in [0.2, 0.25) is 0 Å². The molecule has 1 N–H and O–H groups in total. The molecule has 0 fully saturated rings. The first-order chi connectivity index (χ1) is 16.9. The minimum atomic E-state index is 0.703. The number of fused-ring (bicyclic) bond motifs is 5. The Morgan fingerprint density at radius 2 is 1.29 bits per heavy atom. The third-order valence-corrected chi connectivity index (χ3v) is 6.48. The smallest absolute Gasteiger partial charge is 0.181 e. The Morgan fingerprint density at radius 3 is 2.15 bits per heavy atom. The Morgan fingerprint density at radius 1 is 0.559 bits per heavy atom. The van der Waals surface area contributed by atoms with Gasteiger partial charge in [0.1, 0.15) is 0 Å². The maximum atomic E-state index is 4.70. The van der Waals surface area contributed by atoms with Gasteiger partial charge < -0.3 is 4.57 Å². The van der Waals surface area contributed by atoms with Crippen LogP contribution >= 0.6 is 0 Å². The first kappa shape index (κ1) is 18.8. The van der Waals surface area contributed by atoms with E-state index in [0.717, 1.165) is 22.6 Å². The van der Waals surface area contributed by atoms with E-state index in [-0.39, 0.29) is 0 Å². The van der Waals surface area contributed by atoms with Crippen molar-refractivity contribution < 1.29 is 0 Å². The van der Waals surface area contributed by atoms with Crippen molar-refractivity contribution in [2.24, 2.45) is 0 Å². The molecule has 2 heterocycles. The van der Waals surface area contributed by atoms with Gasteiger partial charge in [-0.05, 0) is 47.2 Å². The average Bonchev–Trinajstić information content (AvgIpc) is 3.53. The molecule has 0 saturated heterocycles. The Balaban J connectivity index is 1.37. The van der Waals surface area contributed by atoms with Crippen molar-refractivity contribution in [3.05, 3.63) is 115 Å². The lowest BCUT2D eigenvalue weighted by Gasteiger charge is -2.09. The van der Waals surface area contributed by atoms with Gasteiger partial charge in [-0.3, -0.25) is 5.10 Å². The quantitative estimate of drug-likeness (QED) is 0.314. The molecule has 0 radical (unpaired) electrons. The van der Waals surface area contributed by atoms with Gasteiger partial charge >= 0.3 is 0 Å². The molecule has 0 amide bonds. The highest BCUT2D eigenvalue weighted by atomic mass is 15.2. The van der Waals surface area contributed by atoms with Crippen molar-refractivity contribution in [3.63, 3.8) is 0 Å². The van der Waals surface area contributed by atoms with E-state index in [1.165, 1.54) is 32.6 Å². The normalized spacial score (nSPS) is 11.5. The van der Waals surface area contributed by atoms with Crippen LogP contribution in [0, 0.1) is 0 Å². The zero-order valence-corrected chi connectivity index (χ0v) is 18.3. The molecule has 0 spiro atoms. The maximum absolute atomic E-state index is 4.70. The molecule has 34 heavy (non-hydrogen) atoms. The fourth-order valence-electron chi connectivity index (χ4n) is 4.89. The summed E-state index contributed by atoms with van der Waals surface area (Å²) < 4.78 is 2.34. The van der Waals surface area contributed by atoms with Crippen molar-refractivity contribution in [3.8, 4) is 28.5 Å². The zero-order chi connectivity index (χ0) is 22.5. The van der Waals surface area contributed by atoms with E-state index in [2.05, 4.69) is 99.7 Å². The molecule has 0 aliphatic heterocycles. The van der Waals surface area contributed by atoms with Gasteiger partial charge in [-0.15, -0.1) is 0 Å². The molecule has 0 unspecified atom stereocenters. The SMILES string of the molecule is c1ccc(-c2n[nH]c(-c3ccc(-n4c5ccccc5c5c6ccccc6ccc54)cc3)n2)cc1. The van der Waals surface area contributed by atoms with Crippen LogP contribution in [-0.2, 0) is 0 Å². The molecule has 160 valence electrons. The number of hydrogen-bond donors (Lipinski definition) is 1. The summed E-state index contributed by atoms with van der Waals surface area (Å²) in [7, 11) is 0. The fraction of sp³-hybridized carbons (Fsp3) is 0. The van der Waals surface area contributed by atoms with E-state index in [1.54, 1.807) is 0 Å². The van der Waals surface area contributed by atoms with Crippen molar-refractivity contribution in [1.82, 2.24) is 19.7 Å². The first-order valence-electron chi connectivity index (χ1n) is 11.4. The lowest BCUT2D eigenvalue weighted by Crippen LogP contribution is -1.94. The Hall–Kier alpha value is -4.70. The second-order valence-electron chi connectivity index (χ2n) is 8.45. The van der Waals surface area contributed by atoms with Gasteiger partial charge in [-0.1, -0.05) is 78.9 Å². The van der Waals surface area contributed by atoms with E-state index >= 15 is 0 Å². The van der Waals surface area contributed by atoms with Crippen LogP contribution in [0.5, 0.6) is 0 Å². The highest BCUT2D eigenvalue weighted by Crippen LogP contribution is 2.36. The molecule has 4 heteroatoms. The van der Waals surface area contributed by atoms with Crippen molar-refractivity contribution in [2.45, 2.75) is 0 Å². The van der Waals surface area contributed by atoms with Crippen molar-refractivity contribution in [1.29, 1.82) is 0 Å². The number of rotatable bonds is 3. The van der Waals surface area contributed by atoms with Gasteiger partial charge in [0.25, 0.3) is 0 Å². The van der Waals surface area contributed by atoms with Crippen molar-refractivity contribution >= 4 is 32.6 Å². The average molecular weight is 437 g/mol. The number of benzene rings is 5. The maximum Gasteiger partial charge on any atom is 0.181 e. The number of para-hydroxylation sites is 1. The van der Waals surface area contributed by atoms with Gasteiger partial charge in [-0.2, -0.15) is 5.10 Å². The number of aromatic amines is 1. The van der Waals surface area contributed by atoms with Crippen LogP contribution in [0.3, 0.4) is 0 Å². The summed E-state index contributed by atoms with van der Waals surface area (Å²) in [5.41, 5.74) is 5.53. The van der Waals surface area contributed by atoms with Gasteiger partial charge in [0.2, 0.25) is 0 Å². The molecular formula is C30H20N4. The Labute approximate surface area is 196 Å². The molecular weight excluding hydrogens is 416 g/mol. The van der Waals surface area contributed by atoms with Gasteiger partial charge in [0.15, 0.2) is 11.6 Å². The fourth-order valence-corrected chi connectivity index (χ4v) is 4.89. The number of aromatic nitrogens is 4. The van der Waals surface area contributed by atoms with Crippen LogP contribution in [0.1, 0.15) is 0 Å². The Bertz CT molecular complexity index is 1790. The van der Waals surface area contributed by atoms with E-state index < -0.39 is 0 Å². The minimum Gasteiger partial charge on any atom is -0.309 e. The summed E-state index contributed by atoms with van der Waals surface area (Å²) in [5, 5.41) is 12.6. The van der Waals surface area contributed by atoms with Crippen LogP contribution < -0.4 is 0 Å². The highest BCUT2D eigenvalue weighted by Gasteiger charge is 2.15. The van der Waals surface area contributed by atoms with Crippen molar-refractivity contribution in [2.75, 3.05) is 0 Å². The number of H-pyrrole nitrogens is 1. The predicted octanol–water partition coefficient (Wildman–Crippen LogP) is 7.39. The standard InChI is InChI=1S/C30H20N4/c1-2-9-21(10-3-1)29-31-30(33-32-29)22-14-17-23(18-15-22)34-26-13-7-6-12-25(26)28-24-11-5-4-8-20(24)16-19-27(28)34/h1-19H,(H,31,32,33). The summed E-state index contributed by atoms with van der Waals surface area (Å²) in [6, 6.07) is 40.2. The van der Waals surface area contributed by atoms with Gasteiger partial charge in [-0.25, -0.2) is 4.98 Å². The van der Waals surface area contributed by atoms with E-state index in [4.69, 9.17) is 4.98 Å². The van der Waals surface area contributed by atoms with Crippen LogP contribution in [-0.4, -0.2) is 19.7 Å². The highest BCUT2D eigenvalue weighted by molar-refractivity contribution is 6.21. The number of nitrogens with zero attached hydrogens (tertiary/aromatic N) is 3. The molecule has 7 aromatic rings. The molecule has 2 aromatic heterocycles. The summed E-state index contributed by atoms with van der Waals surface area (Å²) >= 11 is 0. The lowest BCUT2D eigenvalue weighted by molar-refractivity contribution is 1.10. The monoisotopic (exact) mass is 436 g/mol. The summed E-state index contributed by atoms with van der Waals surface area (Å²) in [6.07, 6.45) is 0. The summed E-state index contributed by atoms with van der Waals surface area (Å²) in [5.74, 6) is 1.47. The van der Waals surface area contributed by atoms with Crippen LogP contribution in [0.15, 0.2) is 115 Å². The Kier molecular flexibility index (Phi) is 4.11. The number of nitrogens with one attached hydrogen (secondary N) is 1. The first-order valence-corrected chi connectivity index (χ1v) is 11.4. The van der Waals surface area contributed by atoms with E-state index in [0.29, 0.717) is 5.82 Å². The third-order valence-electron chi connectivity index (χ3n) is 6.48.